The summed E-state index contributed by atoms with van der Waals surface area (Å²) in [6.07, 6.45) is 0. The third-order valence-corrected chi connectivity index (χ3v) is 3.02. The second kappa shape index (κ2) is 6.20. The number of nitrogens with two attached hydrogens (primary N) is 1. The summed E-state index contributed by atoms with van der Waals surface area (Å²) < 4.78 is 5.30. The summed E-state index contributed by atoms with van der Waals surface area (Å²) >= 11 is 0. The Hall–Kier alpha value is -2.07. The minimum atomic E-state index is -0.206. The zero-order chi connectivity index (χ0) is 13.7. The number of rotatable bonds is 5. The van der Waals surface area contributed by atoms with Gasteiger partial charge in [0.2, 0.25) is 0 Å². The first-order chi connectivity index (χ1) is 9.20. The van der Waals surface area contributed by atoms with Crippen LogP contribution in [0.3, 0.4) is 0 Å². The summed E-state index contributed by atoms with van der Waals surface area (Å²) in [4.78, 5) is 11.9. The van der Waals surface area contributed by atoms with Crippen LogP contribution in [0.1, 0.15) is 34.7 Å². The Morgan fingerprint density at radius 2 is 2.00 bits per heavy atom. The molecule has 1 unspecified atom stereocenters. The smallest absolute Gasteiger partial charge is 0.287 e. The van der Waals surface area contributed by atoms with Crippen LogP contribution >= 0.6 is 0 Å². The van der Waals surface area contributed by atoms with Crippen molar-refractivity contribution in [3.8, 4) is 0 Å². The lowest BCUT2D eigenvalue weighted by atomic mass is 10.0. The highest BCUT2D eigenvalue weighted by atomic mass is 16.4. The highest BCUT2D eigenvalue weighted by Gasteiger charge is 2.12. The van der Waals surface area contributed by atoms with Crippen LogP contribution in [0.2, 0.25) is 0 Å². The molecule has 19 heavy (non-hydrogen) atoms. The number of amides is 1. The van der Waals surface area contributed by atoms with Gasteiger partial charge in [0.1, 0.15) is 5.76 Å². The van der Waals surface area contributed by atoms with Crippen LogP contribution in [0.25, 0.3) is 0 Å². The highest BCUT2D eigenvalue weighted by Crippen LogP contribution is 2.13. The van der Waals surface area contributed by atoms with Crippen molar-refractivity contribution in [1.29, 1.82) is 0 Å². The van der Waals surface area contributed by atoms with E-state index >= 15 is 0 Å². The molecule has 0 saturated heterocycles. The molecule has 3 N–H and O–H groups in total. The van der Waals surface area contributed by atoms with Crippen molar-refractivity contribution in [1.82, 2.24) is 5.32 Å². The minimum Gasteiger partial charge on any atom is -0.455 e. The molecule has 1 aromatic heterocycles. The summed E-state index contributed by atoms with van der Waals surface area (Å²) in [5.74, 6) is 0.971. The molecule has 0 aliphatic carbocycles. The zero-order valence-corrected chi connectivity index (χ0v) is 10.9. The minimum absolute atomic E-state index is 0.206. The summed E-state index contributed by atoms with van der Waals surface area (Å²) in [6.45, 7) is 2.94. The van der Waals surface area contributed by atoms with Crippen molar-refractivity contribution in [3.05, 3.63) is 59.5 Å². The second-order valence-electron chi connectivity index (χ2n) is 4.49. The standard InChI is InChI=1S/C15H18N2O2/c1-11(12-5-3-2-4-6-12)10-17-15(18)14-8-7-13(9-16)19-14/h2-8,11H,9-10,16H2,1H3,(H,17,18). The molecule has 4 heteroatoms. The van der Waals surface area contributed by atoms with Crippen LogP contribution in [0.4, 0.5) is 0 Å². The molecule has 0 spiro atoms. The van der Waals surface area contributed by atoms with E-state index in [1.807, 2.05) is 18.2 Å². The Morgan fingerprint density at radius 1 is 1.26 bits per heavy atom. The van der Waals surface area contributed by atoms with Crippen molar-refractivity contribution >= 4 is 5.91 Å². The van der Waals surface area contributed by atoms with Gasteiger partial charge >= 0.3 is 0 Å². The molecule has 2 rings (SSSR count). The average molecular weight is 258 g/mol. The maximum atomic E-state index is 11.9. The number of benzene rings is 1. The molecular weight excluding hydrogens is 240 g/mol. The molecule has 0 saturated carbocycles. The number of carbonyl (C=O) groups excluding carboxylic acids is 1. The molecule has 1 heterocycles. The van der Waals surface area contributed by atoms with E-state index < -0.39 is 0 Å². The third kappa shape index (κ3) is 3.45. The molecule has 1 atom stereocenters. The van der Waals surface area contributed by atoms with Crippen molar-refractivity contribution in [2.75, 3.05) is 6.54 Å². The topological polar surface area (TPSA) is 68.3 Å². The van der Waals surface area contributed by atoms with E-state index in [0.717, 1.165) is 0 Å². The Morgan fingerprint density at radius 3 is 2.63 bits per heavy atom. The van der Waals surface area contributed by atoms with Crippen LogP contribution < -0.4 is 11.1 Å². The lowest BCUT2D eigenvalue weighted by Crippen LogP contribution is -2.27. The molecule has 0 radical (unpaired) electrons. The summed E-state index contributed by atoms with van der Waals surface area (Å²) in [5, 5.41) is 2.86. The first kappa shape index (κ1) is 13.4. The Bertz CT molecular complexity index is 534. The fourth-order valence-corrected chi connectivity index (χ4v) is 1.84. The van der Waals surface area contributed by atoms with Gasteiger partial charge in [-0.2, -0.15) is 0 Å². The normalized spacial score (nSPS) is 12.1. The molecule has 1 amide bonds. The maximum absolute atomic E-state index is 11.9. The Balaban J connectivity index is 1.90. The second-order valence-corrected chi connectivity index (χ2v) is 4.49. The van der Waals surface area contributed by atoms with Gasteiger partial charge in [-0.1, -0.05) is 37.3 Å². The van der Waals surface area contributed by atoms with Gasteiger partial charge in [0, 0.05) is 6.54 Å². The van der Waals surface area contributed by atoms with Gasteiger partial charge in [0.05, 0.1) is 6.54 Å². The largest absolute Gasteiger partial charge is 0.455 e. The van der Waals surface area contributed by atoms with Crippen molar-refractivity contribution in [3.63, 3.8) is 0 Å². The monoisotopic (exact) mass is 258 g/mol. The number of carbonyl (C=O) groups is 1. The number of furan rings is 1. The fourth-order valence-electron chi connectivity index (χ4n) is 1.84. The van der Waals surface area contributed by atoms with E-state index in [2.05, 4.69) is 24.4 Å². The molecule has 0 aliphatic heterocycles. The molecule has 0 fully saturated rings. The first-order valence-corrected chi connectivity index (χ1v) is 6.32. The van der Waals surface area contributed by atoms with E-state index in [-0.39, 0.29) is 11.8 Å². The van der Waals surface area contributed by atoms with Crippen LogP contribution in [-0.4, -0.2) is 12.5 Å². The van der Waals surface area contributed by atoms with Crippen molar-refractivity contribution in [2.24, 2.45) is 5.73 Å². The highest BCUT2D eigenvalue weighted by molar-refractivity contribution is 5.91. The van der Waals surface area contributed by atoms with E-state index in [4.69, 9.17) is 10.2 Å². The summed E-state index contributed by atoms with van der Waals surface area (Å²) in [6, 6.07) is 13.4. The predicted molar refractivity (Wildman–Crippen MR) is 73.8 cm³/mol. The van der Waals surface area contributed by atoms with Gasteiger partial charge in [0.15, 0.2) is 5.76 Å². The lowest BCUT2D eigenvalue weighted by molar-refractivity contribution is 0.0922. The molecule has 0 aliphatic rings. The Labute approximate surface area is 112 Å². The molecule has 0 bridgehead atoms. The van der Waals surface area contributed by atoms with Crippen molar-refractivity contribution < 1.29 is 9.21 Å². The van der Waals surface area contributed by atoms with Crippen LogP contribution in [-0.2, 0) is 6.54 Å². The predicted octanol–water partition coefficient (Wildman–Crippen LogP) is 2.27. The van der Waals surface area contributed by atoms with E-state index in [1.165, 1.54) is 5.56 Å². The Kier molecular flexibility index (Phi) is 4.36. The SMILES string of the molecule is CC(CNC(=O)c1ccc(CN)o1)c1ccccc1. The number of hydrogen-bond donors (Lipinski definition) is 2. The average Bonchev–Trinajstić information content (AvgIpc) is 2.94. The summed E-state index contributed by atoms with van der Waals surface area (Å²) in [7, 11) is 0. The van der Waals surface area contributed by atoms with Gasteiger partial charge in [-0.3, -0.25) is 4.79 Å². The van der Waals surface area contributed by atoms with Gasteiger partial charge in [-0.15, -0.1) is 0 Å². The van der Waals surface area contributed by atoms with Gasteiger partial charge in [0.25, 0.3) is 5.91 Å². The quantitative estimate of drug-likeness (QED) is 0.864. The molecule has 2 aromatic rings. The van der Waals surface area contributed by atoms with Gasteiger partial charge in [-0.25, -0.2) is 0 Å². The van der Waals surface area contributed by atoms with Crippen LogP contribution in [0.15, 0.2) is 46.9 Å². The first-order valence-electron chi connectivity index (χ1n) is 6.32. The van der Waals surface area contributed by atoms with Gasteiger partial charge in [-0.05, 0) is 23.6 Å². The zero-order valence-electron chi connectivity index (χ0n) is 10.9. The van der Waals surface area contributed by atoms with Crippen molar-refractivity contribution in [2.45, 2.75) is 19.4 Å². The van der Waals surface area contributed by atoms with Crippen LogP contribution in [0.5, 0.6) is 0 Å². The molecule has 100 valence electrons. The van der Waals surface area contributed by atoms with Crippen LogP contribution in [0, 0.1) is 0 Å². The fraction of sp³-hybridized carbons (Fsp3) is 0.267. The maximum Gasteiger partial charge on any atom is 0.287 e. The number of nitrogens with one attached hydrogen (secondary N) is 1. The molecule has 1 aromatic carbocycles. The third-order valence-electron chi connectivity index (χ3n) is 3.02. The van der Waals surface area contributed by atoms with E-state index in [0.29, 0.717) is 24.6 Å². The van der Waals surface area contributed by atoms with E-state index in [9.17, 15) is 4.79 Å². The lowest BCUT2D eigenvalue weighted by Gasteiger charge is -2.12. The van der Waals surface area contributed by atoms with E-state index in [1.54, 1.807) is 12.1 Å². The molecule has 4 nitrogen and oxygen atoms in total. The summed E-state index contributed by atoms with van der Waals surface area (Å²) in [5.41, 5.74) is 6.64. The van der Waals surface area contributed by atoms with Gasteiger partial charge < -0.3 is 15.5 Å². The number of hydrogen-bond acceptors (Lipinski definition) is 3. The molecular formula is C15H18N2O2.